The molecule has 1 aromatic carbocycles. The summed E-state index contributed by atoms with van der Waals surface area (Å²) in [4.78, 5) is 33.5. The number of benzene rings is 1. The van der Waals surface area contributed by atoms with Gasteiger partial charge in [-0.1, -0.05) is 31.2 Å². The quantitative estimate of drug-likeness (QED) is 0.505. The van der Waals surface area contributed by atoms with Crippen LogP contribution in [0.15, 0.2) is 53.0 Å². The number of nitrogens with zero attached hydrogens (tertiary/aromatic N) is 3. The molecule has 0 aliphatic carbocycles. The Labute approximate surface area is 191 Å². The zero-order valence-electron chi connectivity index (χ0n) is 18.6. The molecule has 3 aromatic rings. The Morgan fingerprint density at radius 3 is 2.62 bits per heavy atom. The van der Waals surface area contributed by atoms with E-state index in [0.717, 1.165) is 23.4 Å². The molecule has 0 radical (unpaired) electrons. The minimum Gasteiger partial charge on any atom is -0.375 e. The molecule has 0 spiro atoms. The van der Waals surface area contributed by atoms with Crippen LogP contribution in [0.5, 0.6) is 0 Å². The third-order valence-corrected chi connectivity index (χ3v) is 5.83. The van der Waals surface area contributed by atoms with Gasteiger partial charge in [-0.2, -0.15) is 4.99 Å². The molecule has 0 unspecified atom stereocenters. The molecule has 0 atom stereocenters. The van der Waals surface area contributed by atoms with Crippen molar-refractivity contribution in [3.05, 3.63) is 69.6 Å². The minimum absolute atomic E-state index is 0.0420. The number of methoxy groups -OCH3 is 1. The predicted molar refractivity (Wildman–Crippen MR) is 125 cm³/mol. The number of aryl methyl sites for hydroxylation is 2. The highest BCUT2D eigenvalue weighted by atomic mass is 32.1. The second-order valence-corrected chi connectivity index (χ2v) is 8.18. The molecule has 8 heteroatoms. The van der Waals surface area contributed by atoms with Crippen molar-refractivity contribution in [1.29, 1.82) is 0 Å². The maximum Gasteiger partial charge on any atom is 0.281 e. The molecule has 7 nitrogen and oxygen atoms in total. The number of carbonyl (C=O) groups excluding carboxylic acids is 2. The highest BCUT2D eigenvalue weighted by Gasteiger charge is 2.11. The van der Waals surface area contributed by atoms with E-state index in [4.69, 9.17) is 4.74 Å². The summed E-state index contributed by atoms with van der Waals surface area (Å²) >= 11 is 1.43. The van der Waals surface area contributed by atoms with Crippen molar-refractivity contribution in [1.82, 2.24) is 14.9 Å². The van der Waals surface area contributed by atoms with E-state index in [1.807, 2.05) is 16.9 Å². The van der Waals surface area contributed by atoms with Gasteiger partial charge in [0.05, 0.1) is 11.3 Å². The lowest BCUT2D eigenvalue weighted by Gasteiger charge is -2.10. The van der Waals surface area contributed by atoms with E-state index in [9.17, 15) is 9.59 Å². The van der Waals surface area contributed by atoms with Crippen molar-refractivity contribution in [2.24, 2.45) is 4.99 Å². The largest absolute Gasteiger partial charge is 0.375 e. The van der Waals surface area contributed by atoms with E-state index in [2.05, 4.69) is 46.5 Å². The SMILES string of the molecule is CCc1ccc(-c2csc(=NC(=O)c3ccc(C)nc3)n2CCCNC(=O)COC)cc1. The summed E-state index contributed by atoms with van der Waals surface area (Å²) in [6.45, 7) is 5.16. The molecule has 0 aliphatic heterocycles. The number of aromatic nitrogens is 2. The summed E-state index contributed by atoms with van der Waals surface area (Å²) in [6.07, 6.45) is 3.22. The van der Waals surface area contributed by atoms with Gasteiger partial charge in [-0.3, -0.25) is 14.6 Å². The standard InChI is InChI=1S/C24H28N4O3S/c1-4-18-7-10-19(11-8-18)21-16-32-24(27-23(30)20-9-6-17(2)26-14-20)28(21)13-5-12-25-22(29)15-31-3/h6-11,14,16H,4-5,12-13,15H2,1-3H3,(H,25,29). The molecule has 0 saturated heterocycles. The Kier molecular flexibility index (Phi) is 8.47. The summed E-state index contributed by atoms with van der Waals surface area (Å²) in [5, 5.41) is 4.85. The number of carbonyl (C=O) groups is 2. The lowest BCUT2D eigenvalue weighted by molar-refractivity contribution is -0.124. The highest BCUT2D eigenvalue weighted by molar-refractivity contribution is 7.07. The number of hydrogen-bond acceptors (Lipinski definition) is 5. The van der Waals surface area contributed by atoms with Gasteiger partial charge in [-0.25, -0.2) is 0 Å². The van der Waals surface area contributed by atoms with Gasteiger partial charge in [-0.15, -0.1) is 11.3 Å². The maximum absolute atomic E-state index is 12.7. The van der Waals surface area contributed by atoms with Gasteiger partial charge in [0.2, 0.25) is 5.91 Å². The fraction of sp³-hybridized carbons (Fsp3) is 0.333. The van der Waals surface area contributed by atoms with Gasteiger partial charge in [0.15, 0.2) is 4.80 Å². The number of ether oxygens (including phenoxy) is 1. The molecule has 0 saturated carbocycles. The van der Waals surface area contributed by atoms with Crippen molar-refractivity contribution >= 4 is 23.2 Å². The summed E-state index contributed by atoms with van der Waals surface area (Å²) in [5.74, 6) is -0.473. The van der Waals surface area contributed by atoms with E-state index in [0.29, 0.717) is 29.9 Å². The molecular formula is C24H28N4O3S. The molecule has 0 aliphatic rings. The van der Waals surface area contributed by atoms with E-state index < -0.39 is 0 Å². The van der Waals surface area contributed by atoms with Crippen LogP contribution in [0.25, 0.3) is 11.3 Å². The second kappa shape index (κ2) is 11.5. The van der Waals surface area contributed by atoms with Crippen LogP contribution in [-0.4, -0.2) is 41.6 Å². The van der Waals surface area contributed by atoms with Gasteiger partial charge in [0.25, 0.3) is 5.91 Å². The van der Waals surface area contributed by atoms with Crippen LogP contribution in [-0.2, 0) is 22.5 Å². The first-order valence-corrected chi connectivity index (χ1v) is 11.4. The number of rotatable bonds is 9. The van der Waals surface area contributed by atoms with Crippen molar-refractivity contribution < 1.29 is 14.3 Å². The van der Waals surface area contributed by atoms with E-state index >= 15 is 0 Å². The van der Waals surface area contributed by atoms with Crippen LogP contribution in [0.3, 0.4) is 0 Å². The third kappa shape index (κ3) is 6.21. The molecule has 1 N–H and O–H groups in total. The molecule has 3 rings (SSSR count). The molecule has 0 bridgehead atoms. The second-order valence-electron chi connectivity index (χ2n) is 7.35. The summed E-state index contributed by atoms with van der Waals surface area (Å²) in [6, 6.07) is 11.9. The lowest BCUT2D eigenvalue weighted by Crippen LogP contribution is -2.29. The zero-order valence-corrected chi connectivity index (χ0v) is 19.4. The third-order valence-electron chi connectivity index (χ3n) is 4.97. The van der Waals surface area contributed by atoms with Crippen LogP contribution in [0.2, 0.25) is 0 Å². The highest BCUT2D eigenvalue weighted by Crippen LogP contribution is 2.21. The fourth-order valence-electron chi connectivity index (χ4n) is 3.17. The predicted octanol–water partition coefficient (Wildman–Crippen LogP) is 3.38. The van der Waals surface area contributed by atoms with E-state index in [-0.39, 0.29) is 18.4 Å². The number of pyridine rings is 1. The molecule has 32 heavy (non-hydrogen) atoms. The van der Waals surface area contributed by atoms with Crippen molar-refractivity contribution in [2.75, 3.05) is 20.3 Å². The topological polar surface area (TPSA) is 85.6 Å². The summed E-state index contributed by atoms with van der Waals surface area (Å²) in [5.41, 5.74) is 4.63. The number of thiazole rings is 1. The van der Waals surface area contributed by atoms with Gasteiger partial charge < -0.3 is 14.6 Å². The normalized spacial score (nSPS) is 11.5. The Hall–Kier alpha value is -3.10. The molecule has 2 aromatic heterocycles. The van der Waals surface area contributed by atoms with Crippen LogP contribution in [0.1, 0.15) is 35.0 Å². The van der Waals surface area contributed by atoms with Crippen LogP contribution in [0.4, 0.5) is 0 Å². The smallest absolute Gasteiger partial charge is 0.281 e. The van der Waals surface area contributed by atoms with Crippen molar-refractivity contribution in [2.45, 2.75) is 33.2 Å². The first-order valence-electron chi connectivity index (χ1n) is 10.6. The Morgan fingerprint density at radius 1 is 1.19 bits per heavy atom. The summed E-state index contributed by atoms with van der Waals surface area (Å²) < 4.78 is 6.88. The molecular weight excluding hydrogens is 424 g/mol. The first kappa shape index (κ1) is 23.6. The zero-order chi connectivity index (χ0) is 22.9. The van der Waals surface area contributed by atoms with E-state index in [1.165, 1.54) is 24.0 Å². The van der Waals surface area contributed by atoms with Crippen LogP contribution in [0, 0.1) is 6.92 Å². The van der Waals surface area contributed by atoms with Gasteiger partial charge in [0.1, 0.15) is 6.61 Å². The summed E-state index contributed by atoms with van der Waals surface area (Å²) in [7, 11) is 1.49. The molecule has 2 amide bonds. The molecule has 2 heterocycles. The Morgan fingerprint density at radius 2 is 1.97 bits per heavy atom. The van der Waals surface area contributed by atoms with Gasteiger partial charge >= 0.3 is 0 Å². The average molecular weight is 453 g/mol. The lowest BCUT2D eigenvalue weighted by atomic mass is 10.1. The number of amides is 2. The van der Waals surface area contributed by atoms with Crippen molar-refractivity contribution in [3.8, 4) is 11.3 Å². The van der Waals surface area contributed by atoms with Crippen LogP contribution < -0.4 is 10.1 Å². The van der Waals surface area contributed by atoms with Crippen LogP contribution >= 0.6 is 11.3 Å². The Balaban J connectivity index is 1.88. The monoisotopic (exact) mass is 452 g/mol. The Bertz CT molecular complexity index is 1120. The molecule has 0 fully saturated rings. The van der Waals surface area contributed by atoms with Gasteiger partial charge in [0, 0.05) is 37.5 Å². The molecule has 168 valence electrons. The maximum atomic E-state index is 12.7. The average Bonchev–Trinajstić information content (AvgIpc) is 3.19. The van der Waals surface area contributed by atoms with Crippen molar-refractivity contribution in [3.63, 3.8) is 0 Å². The van der Waals surface area contributed by atoms with Gasteiger partial charge in [-0.05, 0) is 43.0 Å². The minimum atomic E-state index is -0.325. The number of hydrogen-bond donors (Lipinski definition) is 1. The first-order chi connectivity index (χ1) is 15.5. The number of nitrogens with one attached hydrogen (secondary N) is 1. The fourth-order valence-corrected chi connectivity index (χ4v) is 4.10. The van der Waals surface area contributed by atoms with E-state index in [1.54, 1.807) is 18.3 Å².